The second-order valence-corrected chi connectivity index (χ2v) is 32.0. The Balaban J connectivity index is 0.00000154. The zero-order valence-electron chi connectivity index (χ0n) is 60.5. The summed E-state index contributed by atoms with van der Waals surface area (Å²) in [5, 5.41) is 96.8. The summed E-state index contributed by atoms with van der Waals surface area (Å²) < 4.78 is 0. The van der Waals surface area contributed by atoms with E-state index in [1.807, 2.05) is 0 Å². The van der Waals surface area contributed by atoms with Crippen molar-refractivity contribution in [1.29, 1.82) is 0 Å². The molecular weight excluding hydrogens is 1250 g/mol. The molecule has 0 saturated heterocycles. The quantitative estimate of drug-likeness (QED) is 0.0729. The van der Waals surface area contributed by atoms with Crippen molar-refractivity contribution >= 4 is 11.9 Å². The predicted molar refractivity (Wildman–Crippen MR) is 371 cm³/mol. The summed E-state index contributed by atoms with van der Waals surface area (Å²) in [6.45, 7) is 57.5. The number of benzene rings is 4. The second-order valence-electron chi connectivity index (χ2n) is 32.0. The van der Waals surface area contributed by atoms with Gasteiger partial charge in [-0.15, -0.1) is 13.1 Å². The molecule has 8 bridgehead atoms. The fraction of sp³-hybridized carbons (Fsp3) is 0.644. The third-order valence-electron chi connectivity index (χ3n) is 15.8. The van der Waals surface area contributed by atoms with Crippen molar-refractivity contribution in [2.75, 3.05) is 59.5 Å². The summed E-state index contributed by atoms with van der Waals surface area (Å²) in [4.78, 5) is 18.0. The van der Waals surface area contributed by atoms with E-state index < -0.39 is 11.9 Å². The minimum absolute atomic E-state index is 0. The van der Waals surface area contributed by atoms with Crippen LogP contribution >= 0.6 is 0 Å². The van der Waals surface area contributed by atoms with Gasteiger partial charge in [0.25, 0.3) is 11.9 Å². The number of phenols is 4. The maximum atomic E-state index is 11.2. The molecule has 4 aromatic rings. The van der Waals surface area contributed by atoms with Crippen molar-refractivity contribution in [1.82, 2.24) is 37.2 Å². The number of hydrogen-bond donors (Lipinski definition) is 14. The van der Waals surface area contributed by atoms with Crippen LogP contribution in [0.4, 0.5) is 0 Å². The predicted octanol–water partition coefficient (Wildman–Crippen LogP) is 12.2. The number of aliphatic hydroxyl groups excluding tert-OH is 1. The molecular formula is C73H123N8Ni2O9+3. The Bertz CT molecular complexity index is 2400. The van der Waals surface area contributed by atoms with E-state index in [1.165, 1.54) is 22.3 Å². The maximum absolute atomic E-state index is 11.2. The average molecular weight is 1370 g/mol. The fourth-order valence-electron chi connectivity index (χ4n) is 10.3. The van der Waals surface area contributed by atoms with E-state index in [1.54, 1.807) is 0 Å². The number of aromatic hydroxyl groups is 4. The van der Waals surface area contributed by atoms with Crippen molar-refractivity contribution in [2.45, 2.75) is 226 Å². The number of fused-ring (bicyclic) bond motifs is 8. The molecule has 0 aliphatic carbocycles. The summed E-state index contributed by atoms with van der Waals surface area (Å²) >= 11 is 0. The van der Waals surface area contributed by atoms with Crippen LogP contribution in [0.25, 0.3) is 5.32 Å². The molecule has 0 aromatic heterocycles. The van der Waals surface area contributed by atoms with Crippen LogP contribution in [0.2, 0.25) is 0 Å². The Morgan fingerprint density at radius 2 is 0.500 bits per heavy atom. The van der Waals surface area contributed by atoms with Gasteiger partial charge in [-0.2, -0.15) is 0 Å². The van der Waals surface area contributed by atoms with Crippen molar-refractivity contribution in [3.05, 3.63) is 121 Å². The molecule has 0 unspecified atom stereocenters. The van der Waals surface area contributed by atoms with Crippen LogP contribution in [0.5, 0.6) is 23.0 Å². The van der Waals surface area contributed by atoms with Gasteiger partial charge in [0.1, 0.15) is 23.0 Å². The molecule has 4 aromatic carbocycles. The van der Waals surface area contributed by atoms with E-state index in [9.17, 15) is 20.4 Å². The zero-order chi connectivity index (χ0) is 69.0. The van der Waals surface area contributed by atoms with Crippen LogP contribution in [0, 0.1) is 21.7 Å². The number of aliphatic carboxylic acids is 2. The molecule has 19 heteroatoms. The number of hydrogen-bond acceptors (Lipinski definition) is 14. The minimum atomic E-state index is -0.833. The second kappa shape index (κ2) is 37.8. The molecule has 2 aliphatic heterocycles. The SMILES string of the molecule is CC(=O)O.CC(=O)O.CC1(C)CNCc2cc(C(C)(C)C)cc(c2O)CNCC(C)(C)CNCc2cc(C(C)(C)C)cc(c2O)CNC1.CC1(C)C[N-]Cc2cc(C(C)(C)C)cc(c2O)CNCC(C)(C)CNCc2cc(C(C)(C)C)cc(c2O)CNC1.CO.[Ni+2].[Ni+2]. The zero-order valence-corrected chi connectivity index (χ0v) is 62.4. The topological polar surface area (TPSA) is 274 Å². The van der Waals surface area contributed by atoms with E-state index in [-0.39, 0.29) is 76.3 Å². The molecule has 2 aliphatic rings. The molecule has 6 rings (SSSR count). The summed E-state index contributed by atoms with van der Waals surface area (Å²) in [6, 6.07) is 17.2. The van der Waals surface area contributed by atoms with Gasteiger partial charge in [-0.25, -0.2) is 0 Å². The van der Waals surface area contributed by atoms with Gasteiger partial charge < -0.3 is 78.3 Å². The van der Waals surface area contributed by atoms with Crippen LogP contribution in [-0.2, 0) is 117 Å². The van der Waals surface area contributed by atoms with E-state index in [0.29, 0.717) is 81.9 Å². The molecule has 0 atom stereocenters. The molecule has 526 valence electrons. The van der Waals surface area contributed by atoms with Gasteiger partial charge in [0, 0.05) is 145 Å². The van der Waals surface area contributed by atoms with Crippen molar-refractivity contribution in [3.63, 3.8) is 0 Å². The minimum Gasteiger partial charge on any atom is -0.658 e. The Labute approximate surface area is 575 Å². The van der Waals surface area contributed by atoms with Gasteiger partial charge in [-0.05, 0) is 77.7 Å². The number of rotatable bonds is 0. The van der Waals surface area contributed by atoms with Gasteiger partial charge in [0.15, 0.2) is 0 Å². The van der Waals surface area contributed by atoms with Crippen LogP contribution < -0.4 is 37.2 Å². The number of carboxylic acids is 2. The molecule has 0 spiro atoms. The van der Waals surface area contributed by atoms with Gasteiger partial charge in [-0.3, -0.25) is 9.59 Å². The summed E-state index contributed by atoms with van der Waals surface area (Å²) in [5.41, 5.74) is 12.2. The first kappa shape index (κ1) is 87.6. The van der Waals surface area contributed by atoms with Crippen molar-refractivity contribution in [2.24, 2.45) is 21.7 Å². The monoisotopic (exact) mass is 1370 g/mol. The number of nitrogens with zero attached hydrogens (tertiary/aromatic N) is 1. The van der Waals surface area contributed by atoms with Gasteiger partial charge in [0.05, 0.1) is 0 Å². The van der Waals surface area contributed by atoms with Crippen LogP contribution in [0.3, 0.4) is 0 Å². The van der Waals surface area contributed by atoms with E-state index >= 15 is 0 Å². The number of phenolic OH excluding ortho intramolecular Hbond substituents is 4. The molecule has 0 saturated carbocycles. The Kier molecular flexibility index (Phi) is 36.0. The van der Waals surface area contributed by atoms with Crippen LogP contribution in [0.15, 0.2) is 48.5 Å². The summed E-state index contributed by atoms with van der Waals surface area (Å²) in [5.74, 6) is -0.158. The van der Waals surface area contributed by atoms with Gasteiger partial charge in [-0.1, -0.05) is 187 Å². The van der Waals surface area contributed by atoms with E-state index in [0.717, 1.165) is 111 Å². The third-order valence-corrected chi connectivity index (χ3v) is 15.8. The fourth-order valence-corrected chi connectivity index (χ4v) is 10.3. The largest absolute Gasteiger partial charge is 2.00 e. The normalized spacial score (nSPS) is 17.7. The molecule has 0 radical (unpaired) electrons. The Morgan fingerprint density at radius 1 is 0.348 bits per heavy atom. The van der Waals surface area contributed by atoms with Gasteiger partial charge >= 0.3 is 33.0 Å². The molecule has 17 nitrogen and oxygen atoms in total. The van der Waals surface area contributed by atoms with Crippen molar-refractivity contribution in [3.8, 4) is 23.0 Å². The first-order chi connectivity index (χ1) is 41.2. The molecule has 0 fully saturated rings. The van der Waals surface area contributed by atoms with E-state index in [4.69, 9.17) is 30.2 Å². The van der Waals surface area contributed by atoms with E-state index in [2.05, 4.69) is 224 Å². The van der Waals surface area contributed by atoms with Crippen molar-refractivity contribution < 1.29 is 78.3 Å². The van der Waals surface area contributed by atoms with Crippen LogP contribution in [-0.4, -0.2) is 107 Å². The number of carboxylic acid groups (broad SMARTS) is 2. The molecule has 14 N–H and O–H groups in total. The average Bonchev–Trinajstić information content (AvgIpc) is 0.841. The summed E-state index contributed by atoms with van der Waals surface area (Å²) in [6.07, 6.45) is 0. The number of nitrogens with one attached hydrogen (secondary N) is 7. The maximum Gasteiger partial charge on any atom is 2.00 e. The molecule has 0 amide bonds. The third kappa shape index (κ3) is 31.5. The van der Waals surface area contributed by atoms with Crippen LogP contribution in [0.1, 0.15) is 219 Å². The molecule has 2 heterocycles. The summed E-state index contributed by atoms with van der Waals surface area (Å²) in [7, 11) is 1.00. The molecule has 92 heavy (non-hydrogen) atoms. The first-order valence-corrected chi connectivity index (χ1v) is 32.1. The smallest absolute Gasteiger partial charge is 0.658 e. The first-order valence-electron chi connectivity index (χ1n) is 32.1. The standard InChI is InChI=1S/C34H56N4O2.C34H55N4O2.2C2H4O2.CH4O.2Ni/c2*1-31(2,3)27-11-23-15-35-19-33(7,8)21-37-17-25-13-28(32(4,5)6)14-26(30(25)40)18-38-22-34(9,10)20-36-16-24(12-27)29(23)39;2*1-2(3)4;1-2;;/h11-14,35-40H,15-22H2,1-10H3;11-14,35-37,39-40H,15-22H2,1-10H3;2*1H3,(H,3,4);2H,1H3;;/q;-1;;;;2*+2. The number of aliphatic hydroxyl groups is 1. The Morgan fingerprint density at radius 3 is 0.674 bits per heavy atom. The van der Waals surface area contributed by atoms with Gasteiger partial charge in [0.2, 0.25) is 0 Å². The Hall–Kier alpha value is -4.35. The number of carbonyl (C=O) groups is 2.